The van der Waals surface area contributed by atoms with Crippen molar-refractivity contribution in [2.45, 2.75) is 19.5 Å². The molecule has 0 spiro atoms. The highest BCUT2D eigenvalue weighted by molar-refractivity contribution is 7.09. The van der Waals surface area contributed by atoms with Crippen LogP contribution >= 0.6 is 11.3 Å². The van der Waals surface area contributed by atoms with Gasteiger partial charge in [0.2, 0.25) is 5.91 Å². The molecule has 2 heterocycles. The van der Waals surface area contributed by atoms with Gasteiger partial charge in [0.1, 0.15) is 0 Å². The lowest BCUT2D eigenvalue weighted by molar-refractivity contribution is -0.137. The summed E-state index contributed by atoms with van der Waals surface area (Å²) in [7, 11) is 0. The van der Waals surface area contributed by atoms with E-state index < -0.39 is 0 Å². The lowest BCUT2D eigenvalue weighted by Gasteiger charge is -2.29. The number of ether oxygens (including phenoxy) is 1. The number of nitrogens with one attached hydrogen (secondary N) is 1. The minimum Gasteiger partial charge on any atom is -0.378 e. The van der Waals surface area contributed by atoms with Crippen molar-refractivity contribution in [1.82, 2.24) is 15.2 Å². The Bertz CT molecular complexity index is 350. The average molecular weight is 255 g/mol. The number of hydrogen-bond donors (Lipinski definition) is 1. The fourth-order valence-electron chi connectivity index (χ4n) is 1.73. The molecule has 0 aliphatic carbocycles. The average Bonchev–Trinajstić information content (AvgIpc) is 2.89. The summed E-state index contributed by atoms with van der Waals surface area (Å²) >= 11 is 1.59. The topological polar surface area (TPSA) is 54.5 Å². The number of thiazole rings is 1. The van der Waals surface area contributed by atoms with Gasteiger partial charge in [-0.05, 0) is 6.92 Å². The van der Waals surface area contributed by atoms with E-state index in [0.717, 1.165) is 4.88 Å². The van der Waals surface area contributed by atoms with Gasteiger partial charge in [0.25, 0.3) is 0 Å². The van der Waals surface area contributed by atoms with Crippen molar-refractivity contribution in [1.29, 1.82) is 0 Å². The van der Waals surface area contributed by atoms with Crippen LogP contribution in [0.15, 0.2) is 11.7 Å². The van der Waals surface area contributed by atoms with Crippen molar-refractivity contribution >= 4 is 17.2 Å². The normalized spacial score (nSPS) is 18.1. The first kappa shape index (κ1) is 12.5. The third-order valence-corrected chi connectivity index (χ3v) is 3.54. The predicted octanol–water partition coefficient (Wildman–Crippen LogP) is 0.480. The first-order valence-corrected chi connectivity index (χ1v) is 6.62. The lowest BCUT2D eigenvalue weighted by atomic mass is 10.2. The number of carbonyl (C=O) groups excluding carboxylic acids is 1. The molecule has 1 saturated heterocycles. The Labute approximate surface area is 105 Å². The van der Waals surface area contributed by atoms with Crippen molar-refractivity contribution in [3.05, 3.63) is 16.6 Å². The van der Waals surface area contributed by atoms with E-state index in [2.05, 4.69) is 10.3 Å². The Kier molecular flexibility index (Phi) is 4.47. The molecular weight excluding hydrogens is 238 g/mol. The number of nitrogens with zero attached hydrogens (tertiary/aromatic N) is 2. The third kappa shape index (κ3) is 3.49. The van der Waals surface area contributed by atoms with Gasteiger partial charge in [-0.1, -0.05) is 0 Å². The summed E-state index contributed by atoms with van der Waals surface area (Å²) in [5.74, 6) is 0.151. The molecule has 1 atom stereocenters. The van der Waals surface area contributed by atoms with Crippen LogP contribution < -0.4 is 5.32 Å². The molecule has 0 radical (unpaired) electrons. The minimum absolute atomic E-state index is 0.151. The molecule has 1 unspecified atom stereocenters. The van der Waals surface area contributed by atoms with Crippen molar-refractivity contribution in [3.8, 4) is 0 Å². The van der Waals surface area contributed by atoms with Gasteiger partial charge in [-0.25, -0.2) is 0 Å². The molecule has 1 aliphatic heterocycles. The zero-order valence-electron chi connectivity index (χ0n) is 9.89. The van der Waals surface area contributed by atoms with Gasteiger partial charge >= 0.3 is 0 Å². The molecule has 1 aromatic rings. The highest BCUT2D eigenvalue weighted by Gasteiger charge is 2.21. The van der Waals surface area contributed by atoms with Gasteiger partial charge < -0.3 is 15.0 Å². The van der Waals surface area contributed by atoms with Crippen LogP contribution in [-0.2, 0) is 16.1 Å². The van der Waals surface area contributed by atoms with E-state index >= 15 is 0 Å². The highest BCUT2D eigenvalue weighted by atomic mass is 32.1. The SMILES string of the molecule is CC(NCc1cncs1)C(=O)N1CCOCC1. The number of carbonyl (C=O) groups is 1. The van der Waals surface area contributed by atoms with Crippen molar-refractivity contribution in [3.63, 3.8) is 0 Å². The monoisotopic (exact) mass is 255 g/mol. The molecule has 1 N–H and O–H groups in total. The standard InChI is InChI=1S/C11H17N3O2S/c1-9(13-7-10-6-12-8-17-10)11(15)14-2-4-16-5-3-14/h6,8-9,13H,2-5,7H2,1H3. The largest absolute Gasteiger partial charge is 0.378 e. The molecular formula is C11H17N3O2S. The number of aromatic nitrogens is 1. The van der Waals surface area contributed by atoms with E-state index in [4.69, 9.17) is 4.74 Å². The maximum atomic E-state index is 12.1. The maximum absolute atomic E-state index is 12.1. The smallest absolute Gasteiger partial charge is 0.239 e. The Morgan fingerprint density at radius 2 is 2.41 bits per heavy atom. The van der Waals surface area contributed by atoms with E-state index in [1.165, 1.54) is 0 Å². The second-order valence-electron chi connectivity index (χ2n) is 4.01. The number of rotatable bonds is 4. The Morgan fingerprint density at radius 1 is 1.65 bits per heavy atom. The minimum atomic E-state index is -0.157. The number of morpholine rings is 1. The molecule has 1 aromatic heterocycles. The van der Waals surface area contributed by atoms with Crippen molar-refractivity contribution < 1.29 is 9.53 Å². The Hall–Kier alpha value is -0.980. The summed E-state index contributed by atoms with van der Waals surface area (Å²) in [6.07, 6.45) is 1.82. The van der Waals surface area contributed by atoms with Crippen LogP contribution in [0, 0.1) is 0 Å². The second kappa shape index (κ2) is 6.09. The third-order valence-electron chi connectivity index (χ3n) is 2.76. The predicted molar refractivity (Wildman–Crippen MR) is 65.8 cm³/mol. The van der Waals surface area contributed by atoms with Crippen LogP contribution in [0.2, 0.25) is 0 Å². The summed E-state index contributed by atoms with van der Waals surface area (Å²) in [4.78, 5) is 19.1. The number of hydrogen-bond acceptors (Lipinski definition) is 5. The fourth-order valence-corrected chi connectivity index (χ4v) is 2.27. The molecule has 0 aromatic carbocycles. The van der Waals surface area contributed by atoms with Crippen LogP contribution in [0.25, 0.3) is 0 Å². The molecule has 6 heteroatoms. The van der Waals surface area contributed by atoms with Crippen LogP contribution in [-0.4, -0.2) is 48.1 Å². The molecule has 1 aliphatic rings. The quantitative estimate of drug-likeness (QED) is 0.850. The van der Waals surface area contributed by atoms with Crippen LogP contribution in [0.3, 0.4) is 0 Å². The van der Waals surface area contributed by atoms with Gasteiger partial charge in [-0.15, -0.1) is 11.3 Å². The zero-order chi connectivity index (χ0) is 12.1. The van der Waals surface area contributed by atoms with Gasteiger partial charge in [-0.3, -0.25) is 9.78 Å². The van der Waals surface area contributed by atoms with Gasteiger partial charge in [-0.2, -0.15) is 0 Å². The maximum Gasteiger partial charge on any atom is 0.239 e. The summed E-state index contributed by atoms with van der Waals surface area (Å²) in [5.41, 5.74) is 1.80. The van der Waals surface area contributed by atoms with E-state index in [9.17, 15) is 4.79 Å². The van der Waals surface area contributed by atoms with Crippen LogP contribution in [0.5, 0.6) is 0 Å². The molecule has 2 rings (SSSR count). The molecule has 1 fully saturated rings. The van der Waals surface area contributed by atoms with E-state index in [-0.39, 0.29) is 11.9 Å². The van der Waals surface area contributed by atoms with Gasteiger partial charge in [0.05, 0.1) is 24.8 Å². The van der Waals surface area contributed by atoms with Crippen LogP contribution in [0.4, 0.5) is 0 Å². The molecule has 0 saturated carbocycles. The molecule has 5 nitrogen and oxygen atoms in total. The van der Waals surface area contributed by atoms with Gasteiger partial charge in [0.15, 0.2) is 0 Å². The van der Waals surface area contributed by atoms with E-state index in [0.29, 0.717) is 32.8 Å². The second-order valence-corrected chi connectivity index (χ2v) is 4.98. The zero-order valence-corrected chi connectivity index (χ0v) is 10.7. The van der Waals surface area contributed by atoms with Crippen LogP contribution in [0.1, 0.15) is 11.8 Å². The Balaban J connectivity index is 1.78. The highest BCUT2D eigenvalue weighted by Crippen LogP contribution is 2.06. The van der Waals surface area contributed by atoms with Crippen molar-refractivity contribution in [2.75, 3.05) is 26.3 Å². The van der Waals surface area contributed by atoms with E-state index in [1.807, 2.05) is 18.0 Å². The fraction of sp³-hybridized carbons (Fsp3) is 0.636. The molecule has 94 valence electrons. The Morgan fingerprint density at radius 3 is 3.06 bits per heavy atom. The summed E-state index contributed by atoms with van der Waals surface area (Å²) in [6.45, 7) is 5.29. The molecule has 17 heavy (non-hydrogen) atoms. The van der Waals surface area contributed by atoms with Gasteiger partial charge in [0, 0.05) is 30.7 Å². The molecule has 1 amide bonds. The summed E-state index contributed by atoms with van der Waals surface area (Å²) in [5, 5.41) is 3.22. The summed E-state index contributed by atoms with van der Waals surface area (Å²) < 4.78 is 5.23. The van der Waals surface area contributed by atoms with Crippen molar-refractivity contribution in [2.24, 2.45) is 0 Å². The first-order chi connectivity index (χ1) is 8.27. The first-order valence-electron chi connectivity index (χ1n) is 5.74. The summed E-state index contributed by atoms with van der Waals surface area (Å²) in [6, 6.07) is -0.157. The van der Waals surface area contributed by atoms with E-state index in [1.54, 1.807) is 16.8 Å². The number of amides is 1. The molecule has 0 bridgehead atoms. The lowest BCUT2D eigenvalue weighted by Crippen LogP contribution is -2.48.